The number of Topliss-reactive ketones (excluding diaryl/α,β-unsaturated/α-hetero) is 1. The van der Waals surface area contributed by atoms with E-state index in [-0.39, 0.29) is 28.8 Å². The monoisotopic (exact) mass is 528 g/mol. The number of para-hydroxylation sites is 1. The summed E-state index contributed by atoms with van der Waals surface area (Å²) in [6.07, 6.45) is 1.69. The summed E-state index contributed by atoms with van der Waals surface area (Å²) in [6.45, 7) is 17.5. The van der Waals surface area contributed by atoms with Crippen molar-refractivity contribution in [1.82, 2.24) is 0 Å². The van der Waals surface area contributed by atoms with E-state index in [1.54, 1.807) is 31.5 Å². The summed E-state index contributed by atoms with van der Waals surface area (Å²) < 4.78 is 41.9. The Labute approximate surface area is 216 Å². The molecule has 0 aliphatic rings. The highest BCUT2D eigenvalue weighted by atomic mass is 32.2. The Bertz CT molecular complexity index is 975. The van der Waals surface area contributed by atoms with Crippen molar-refractivity contribution in [3.63, 3.8) is 0 Å². The first-order valence-electron chi connectivity index (χ1n) is 11.8. The molecule has 1 aromatic carbocycles. The maximum atomic E-state index is 12.4. The molecule has 0 fully saturated rings. The predicted octanol–water partition coefficient (Wildman–Crippen LogP) is 4.60. The van der Waals surface area contributed by atoms with Crippen molar-refractivity contribution in [2.24, 2.45) is 10.4 Å². The van der Waals surface area contributed by atoms with Crippen LogP contribution >= 0.6 is 0 Å². The van der Waals surface area contributed by atoms with Gasteiger partial charge in [-0.1, -0.05) is 32.9 Å². The van der Waals surface area contributed by atoms with Gasteiger partial charge in [-0.25, -0.2) is 0 Å². The van der Waals surface area contributed by atoms with Crippen molar-refractivity contribution < 1.29 is 32.0 Å². The van der Waals surface area contributed by atoms with Crippen LogP contribution in [0.5, 0.6) is 0 Å². The second-order valence-electron chi connectivity index (χ2n) is 11.0. The molecule has 9 nitrogen and oxygen atoms in total. The van der Waals surface area contributed by atoms with Crippen molar-refractivity contribution >= 4 is 34.1 Å². The van der Waals surface area contributed by atoms with Crippen LogP contribution in [0.3, 0.4) is 0 Å². The van der Waals surface area contributed by atoms with Crippen LogP contribution in [0.1, 0.15) is 68.7 Å². The summed E-state index contributed by atoms with van der Waals surface area (Å²) in [5, 5.41) is 2.66. The number of anilines is 1. The molecule has 0 saturated heterocycles. The first-order chi connectivity index (χ1) is 16.2. The smallest absolute Gasteiger partial charge is 0.296 e. The fourth-order valence-electron chi connectivity index (χ4n) is 3.11. The maximum absolute atomic E-state index is 12.4. The van der Waals surface area contributed by atoms with E-state index in [1.165, 1.54) is 6.07 Å². The highest BCUT2D eigenvalue weighted by Crippen LogP contribution is 2.24. The van der Waals surface area contributed by atoms with Gasteiger partial charge in [-0.05, 0) is 53.7 Å². The SMILES string of the molecule is CC(C=NCC(C)(C)OC(CC=O)C(=O)C(C)(C)C)OC(C)(C)C.CNc1ccccc1S(=O)(=O)O. The molecule has 206 valence electrons. The van der Waals surface area contributed by atoms with Gasteiger partial charge < -0.3 is 19.6 Å². The number of ether oxygens (including phenoxy) is 2. The van der Waals surface area contributed by atoms with Crippen molar-refractivity contribution in [2.75, 3.05) is 18.9 Å². The minimum absolute atomic E-state index is 0.0623. The highest BCUT2D eigenvalue weighted by molar-refractivity contribution is 7.86. The lowest BCUT2D eigenvalue weighted by molar-refractivity contribution is -0.150. The number of nitrogens with zero attached hydrogens (tertiary/aromatic N) is 1. The molecular weight excluding hydrogens is 484 g/mol. The standard InChI is InChI=1S/C19H35NO4.C7H9NO3S/c1-14(23-18(5,6)7)12-20-13-19(8,9)24-15(10-11-21)16(22)17(2,3)4;1-8-6-4-2-3-5-7(6)12(9,10)11/h11-12,14-15H,10,13H2,1-9H3;2-5,8H,1H3,(H,9,10,11). The van der Waals surface area contributed by atoms with Crippen LogP contribution in [0.25, 0.3) is 0 Å². The third-order valence-electron chi connectivity index (χ3n) is 4.56. The molecule has 2 unspecified atom stereocenters. The molecule has 2 N–H and O–H groups in total. The first-order valence-corrected chi connectivity index (χ1v) is 13.3. The Hall–Kier alpha value is -2.14. The number of carbonyl (C=O) groups is 2. The Morgan fingerprint density at radius 1 is 1.08 bits per heavy atom. The van der Waals surface area contributed by atoms with Gasteiger partial charge >= 0.3 is 0 Å². The van der Waals surface area contributed by atoms with Gasteiger partial charge in [0.1, 0.15) is 17.3 Å². The lowest BCUT2D eigenvalue weighted by Gasteiger charge is -2.31. The zero-order chi connectivity index (χ0) is 28.4. The molecule has 0 saturated carbocycles. The summed E-state index contributed by atoms with van der Waals surface area (Å²) >= 11 is 0. The minimum Gasteiger partial charge on any atom is -0.387 e. The van der Waals surface area contributed by atoms with Gasteiger partial charge in [0.05, 0.1) is 29.5 Å². The second-order valence-corrected chi connectivity index (χ2v) is 12.4. The Kier molecular flexibility index (Phi) is 13.1. The van der Waals surface area contributed by atoms with Crippen LogP contribution in [0.4, 0.5) is 5.69 Å². The van der Waals surface area contributed by atoms with Crippen LogP contribution < -0.4 is 5.32 Å². The van der Waals surface area contributed by atoms with E-state index in [1.807, 2.05) is 62.3 Å². The van der Waals surface area contributed by atoms with Gasteiger partial charge in [-0.2, -0.15) is 8.42 Å². The fourth-order valence-corrected chi connectivity index (χ4v) is 3.81. The zero-order valence-electron chi connectivity index (χ0n) is 23.3. The van der Waals surface area contributed by atoms with Crippen LogP contribution in [0.15, 0.2) is 34.2 Å². The molecule has 0 aromatic heterocycles. The Morgan fingerprint density at radius 3 is 2.06 bits per heavy atom. The predicted molar refractivity (Wildman–Crippen MR) is 144 cm³/mol. The van der Waals surface area contributed by atoms with Crippen molar-refractivity contribution in [2.45, 2.75) is 97.0 Å². The molecule has 10 heteroatoms. The highest BCUT2D eigenvalue weighted by Gasteiger charge is 2.34. The third kappa shape index (κ3) is 13.8. The summed E-state index contributed by atoms with van der Waals surface area (Å²) in [5.74, 6) is -0.0731. The molecule has 0 spiro atoms. The van der Waals surface area contributed by atoms with Gasteiger partial charge in [0.25, 0.3) is 10.1 Å². The van der Waals surface area contributed by atoms with Crippen molar-refractivity contribution in [3.05, 3.63) is 24.3 Å². The van der Waals surface area contributed by atoms with Crippen LogP contribution in [0.2, 0.25) is 0 Å². The molecule has 36 heavy (non-hydrogen) atoms. The topological polar surface area (TPSA) is 131 Å². The van der Waals surface area contributed by atoms with Crippen molar-refractivity contribution in [1.29, 1.82) is 0 Å². The molecule has 1 aromatic rings. The normalized spacial score (nSPS) is 14.5. The van der Waals surface area contributed by atoms with Gasteiger partial charge in [0, 0.05) is 25.1 Å². The largest absolute Gasteiger partial charge is 0.387 e. The number of hydrogen-bond acceptors (Lipinski definition) is 8. The lowest BCUT2D eigenvalue weighted by atomic mass is 9.86. The van der Waals surface area contributed by atoms with E-state index in [9.17, 15) is 18.0 Å². The number of hydrogen-bond donors (Lipinski definition) is 2. The molecular formula is C26H44N2O7S. The van der Waals surface area contributed by atoms with Crippen LogP contribution in [-0.2, 0) is 29.2 Å². The number of nitrogens with one attached hydrogen (secondary N) is 1. The number of ketones is 1. The minimum atomic E-state index is -4.11. The molecule has 0 amide bonds. The van der Waals surface area contributed by atoms with Crippen LogP contribution in [0, 0.1) is 5.41 Å². The molecule has 0 radical (unpaired) electrons. The van der Waals surface area contributed by atoms with E-state index in [0.29, 0.717) is 12.2 Å². The molecule has 2 atom stereocenters. The van der Waals surface area contributed by atoms with E-state index in [2.05, 4.69) is 10.3 Å². The summed E-state index contributed by atoms with van der Waals surface area (Å²) in [6, 6.07) is 6.13. The average molecular weight is 529 g/mol. The zero-order valence-corrected chi connectivity index (χ0v) is 24.1. The van der Waals surface area contributed by atoms with E-state index in [4.69, 9.17) is 14.0 Å². The van der Waals surface area contributed by atoms with Gasteiger partial charge in [0.15, 0.2) is 5.78 Å². The fraction of sp³-hybridized carbons (Fsp3) is 0.654. The van der Waals surface area contributed by atoms with Gasteiger partial charge in [0.2, 0.25) is 0 Å². The quantitative estimate of drug-likeness (QED) is 0.242. The number of carbonyl (C=O) groups excluding carboxylic acids is 2. The third-order valence-corrected chi connectivity index (χ3v) is 5.48. The molecule has 0 aliphatic carbocycles. The first kappa shape index (κ1) is 33.9. The van der Waals surface area contributed by atoms with Gasteiger partial charge in [-0.15, -0.1) is 0 Å². The number of aliphatic imine (C=N–C) groups is 1. The molecule has 1 rings (SSSR count). The summed E-state index contributed by atoms with van der Waals surface area (Å²) in [4.78, 5) is 27.6. The lowest BCUT2D eigenvalue weighted by Crippen LogP contribution is -2.42. The maximum Gasteiger partial charge on any atom is 0.296 e. The number of rotatable bonds is 11. The van der Waals surface area contributed by atoms with E-state index < -0.39 is 27.2 Å². The molecule has 0 aliphatic heterocycles. The Balaban J connectivity index is 0.000000846. The average Bonchev–Trinajstić information content (AvgIpc) is 2.70. The van der Waals surface area contributed by atoms with E-state index in [0.717, 1.165) is 6.29 Å². The number of aldehydes is 1. The number of benzene rings is 1. The second kappa shape index (κ2) is 14.0. The molecule has 0 heterocycles. The van der Waals surface area contributed by atoms with E-state index >= 15 is 0 Å². The van der Waals surface area contributed by atoms with Crippen molar-refractivity contribution in [3.8, 4) is 0 Å². The Morgan fingerprint density at radius 2 is 1.64 bits per heavy atom. The van der Waals surface area contributed by atoms with Crippen LogP contribution in [-0.4, -0.2) is 68.3 Å². The molecule has 0 bridgehead atoms. The van der Waals surface area contributed by atoms with Gasteiger partial charge in [-0.3, -0.25) is 14.3 Å². The summed E-state index contributed by atoms with van der Waals surface area (Å²) in [5.41, 5.74) is -1.04. The summed E-state index contributed by atoms with van der Waals surface area (Å²) in [7, 11) is -2.52.